The van der Waals surface area contributed by atoms with E-state index in [0.29, 0.717) is 25.8 Å². The van der Waals surface area contributed by atoms with Gasteiger partial charge in [0.25, 0.3) is 11.8 Å². The standard InChI is InChI=1S/C16H25N3O5/c1-2-9-17-12(20)11-24-13(21)6-5-10-19-14(22)16(18-15(19)23)7-3-4-8-16/h2-11H2,1H3,(H,17,20)(H,18,23). The summed E-state index contributed by atoms with van der Waals surface area (Å²) in [7, 11) is 0. The number of carbonyl (C=O) groups excluding carboxylic acids is 4. The fourth-order valence-corrected chi connectivity index (χ4v) is 3.11. The monoisotopic (exact) mass is 339 g/mol. The highest BCUT2D eigenvalue weighted by molar-refractivity contribution is 6.07. The molecule has 0 bridgehead atoms. The minimum atomic E-state index is -0.713. The van der Waals surface area contributed by atoms with E-state index in [1.165, 1.54) is 4.90 Å². The van der Waals surface area contributed by atoms with Crippen molar-refractivity contribution in [3.8, 4) is 0 Å². The number of urea groups is 1. The first-order valence-electron chi connectivity index (χ1n) is 8.55. The quantitative estimate of drug-likeness (QED) is 0.500. The van der Waals surface area contributed by atoms with Gasteiger partial charge in [0.2, 0.25) is 0 Å². The summed E-state index contributed by atoms with van der Waals surface area (Å²) in [5.74, 6) is -1.02. The van der Waals surface area contributed by atoms with Crippen LogP contribution in [0, 0.1) is 0 Å². The molecule has 8 heteroatoms. The summed E-state index contributed by atoms with van der Waals surface area (Å²) in [4.78, 5) is 48.5. The molecule has 2 N–H and O–H groups in total. The summed E-state index contributed by atoms with van der Waals surface area (Å²) in [6.45, 7) is 2.36. The van der Waals surface area contributed by atoms with E-state index in [9.17, 15) is 19.2 Å². The maximum atomic E-state index is 12.4. The van der Waals surface area contributed by atoms with E-state index in [1.807, 2.05) is 6.92 Å². The van der Waals surface area contributed by atoms with Crippen LogP contribution >= 0.6 is 0 Å². The Morgan fingerprint density at radius 1 is 1.29 bits per heavy atom. The Balaban J connectivity index is 1.68. The van der Waals surface area contributed by atoms with Crippen LogP contribution < -0.4 is 10.6 Å². The number of carbonyl (C=O) groups is 4. The molecule has 1 saturated heterocycles. The Morgan fingerprint density at radius 3 is 2.67 bits per heavy atom. The zero-order valence-electron chi connectivity index (χ0n) is 14.1. The normalized spacial score (nSPS) is 18.8. The van der Waals surface area contributed by atoms with Crippen LogP contribution in [0.2, 0.25) is 0 Å². The molecule has 24 heavy (non-hydrogen) atoms. The minimum absolute atomic E-state index is 0.0606. The minimum Gasteiger partial charge on any atom is -0.456 e. The average Bonchev–Trinajstić information content (AvgIpc) is 3.11. The van der Waals surface area contributed by atoms with Crippen molar-refractivity contribution in [2.45, 2.75) is 57.4 Å². The molecule has 2 fully saturated rings. The number of imide groups is 1. The van der Waals surface area contributed by atoms with Crippen LogP contribution in [0.15, 0.2) is 0 Å². The molecule has 2 rings (SSSR count). The first kappa shape index (κ1) is 18.2. The molecule has 0 aromatic carbocycles. The highest BCUT2D eigenvalue weighted by Crippen LogP contribution is 2.35. The SMILES string of the molecule is CCCNC(=O)COC(=O)CCCN1C(=O)NC2(CCCC2)C1=O. The fraction of sp³-hybridized carbons (Fsp3) is 0.750. The molecular formula is C16H25N3O5. The third-order valence-corrected chi connectivity index (χ3v) is 4.40. The summed E-state index contributed by atoms with van der Waals surface area (Å²) >= 11 is 0. The van der Waals surface area contributed by atoms with Gasteiger partial charge in [-0.2, -0.15) is 0 Å². The number of hydrogen-bond donors (Lipinski definition) is 2. The Labute approximate surface area is 141 Å². The molecule has 1 spiro atoms. The number of nitrogens with zero attached hydrogens (tertiary/aromatic N) is 1. The van der Waals surface area contributed by atoms with Gasteiger partial charge in [0, 0.05) is 19.5 Å². The molecule has 134 valence electrons. The van der Waals surface area contributed by atoms with Gasteiger partial charge in [-0.25, -0.2) is 4.79 Å². The van der Waals surface area contributed by atoms with Gasteiger partial charge in [-0.05, 0) is 25.7 Å². The van der Waals surface area contributed by atoms with Crippen molar-refractivity contribution in [2.24, 2.45) is 0 Å². The highest BCUT2D eigenvalue weighted by Gasteiger charge is 2.51. The number of nitrogens with one attached hydrogen (secondary N) is 2. The Hall–Kier alpha value is -2.12. The molecule has 4 amide bonds. The molecule has 0 radical (unpaired) electrons. The number of esters is 1. The van der Waals surface area contributed by atoms with Gasteiger partial charge in [0.15, 0.2) is 6.61 Å². The van der Waals surface area contributed by atoms with Crippen molar-refractivity contribution in [1.29, 1.82) is 0 Å². The highest BCUT2D eigenvalue weighted by atomic mass is 16.5. The number of amides is 4. The van der Waals surface area contributed by atoms with Gasteiger partial charge in [0.05, 0.1) is 0 Å². The first-order valence-corrected chi connectivity index (χ1v) is 8.55. The van der Waals surface area contributed by atoms with Crippen LogP contribution in [0.4, 0.5) is 4.79 Å². The third kappa shape index (κ3) is 4.24. The van der Waals surface area contributed by atoms with Crippen LogP contribution in [0.5, 0.6) is 0 Å². The molecule has 0 unspecified atom stereocenters. The molecule has 0 aromatic rings. The van der Waals surface area contributed by atoms with Crippen molar-refractivity contribution in [1.82, 2.24) is 15.5 Å². The Bertz CT molecular complexity index is 514. The molecule has 0 atom stereocenters. The first-order chi connectivity index (χ1) is 11.5. The number of rotatable bonds is 8. The van der Waals surface area contributed by atoms with E-state index in [1.54, 1.807) is 0 Å². The lowest BCUT2D eigenvalue weighted by atomic mass is 9.98. The smallest absolute Gasteiger partial charge is 0.325 e. The third-order valence-electron chi connectivity index (χ3n) is 4.40. The maximum absolute atomic E-state index is 12.4. The van der Waals surface area contributed by atoms with Crippen molar-refractivity contribution in [2.75, 3.05) is 19.7 Å². The van der Waals surface area contributed by atoms with Crippen molar-refractivity contribution >= 4 is 23.8 Å². The number of ether oxygens (including phenoxy) is 1. The van der Waals surface area contributed by atoms with Crippen molar-refractivity contribution < 1.29 is 23.9 Å². The van der Waals surface area contributed by atoms with E-state index in [0.717, 1.165) is 19.3 Å². The second kappa shape index (κ2) is 8.12. The fourth-order valence-electron chi connectivity index (χ4n) is 3.11. The number of hydrogen-bond acceptors (Lipinski definition) is 5. The molecule has 2 aliphatic rings. The van der Waals surface area contributed by atoms with Crippen LogP contribution in [-0.4, -0.2) is 54.0 Å². The predicted octanol–water partition coefficient (Wildman–Crippen LogP) is 0.701. The summed E-state index contributed by atoms with van der Waals surface area (Å²) in [5.41, 5.74) is -0.713. The van der Waals surface area contributed by atoms with Crippen LogP contribution in [0.25, 0.3) is 0 Å². The van der Waals surface area contributed by atoms with Crippen molar-refractivity contribution in [3.05, 3.63) is 0 Å². The van der Waals surface area contributed by atoms with E-state index in [2.05, 4.69) is 10.6 Å². The summed E-state index contributed by atoms with van der Waals surface area (Å²) in [6, 6.07) is -0.380. The molecule has 0 aromatic heterocycles. The van der Waals surface area contributed by atoms with Gasteiger partial charge in [0.1, 0.15) is 5.54 Å². The van der Waals surface area contributed by atoms with E-state index in [4.69, 9.17) is 4.74 Å². The summed E-state index contributed by atoms with van der Waals surface area (Å²) < 4.78 is 4.86. The zero-order chi connectivity index (χ0) is 17.6. The lowest BCUT2D eigenvalue weighted by Gasteiger charge is -2.19. The average molecular weight is 339 g/mol. The molecular weight excluding hydrogens is 314 g/mol. The molecule has 1 heterocycles. The molecule has 1 saturated carbocycles. The van der Waals surface area contributed by atoms with Gasteiger partial charge < -0.3 is 15.4 Å². The molecule has 8 nitrogen and oxygen atoms in total. The van der Waals surface area contributed by atoms with Crippen molar-refractivity contribution in [3.63, 3.8) is 0 Å². The maximum Gasteiger partial charge on any atom is 0.325 e. The topological polar surface area (TPSA) is 105 Å². The van der Waals surface area contributed by atoms with Crippen LogP contribution in [-0.2, 0) is 19.1 Å². The van der Waals surface area contributed by atoms with Crippen LogP contribution in [0.1, 0.15) is 51.9 Å². The second-order valence-electron chi connectivity index (χ2n) is 6.29. The van der Waals surface area contributed by atoms with Crippen LogP contribution in [0.3, 0.4) is 0 Å². The van der Waals surface area contributed by atoms with Gasteiger partial charge in [-0.3, -0.25) is 19.3 Å². The second-order valence-corrected chi connectivity index (χ2v) is 6.29. The van der Waals surface area contributed by atoms with Gasteiger partial charge in [-0.1, -0.05) is 19.8 Å². The Kier molecular flexibility index (Phi) is 6.16. The lowest BCUT2D eigenvalue weighted by molar-refractivity contribution is -0.148. The lowest BCUT2D eigenvalue weighted by Crippen LogP contribution is -2.44. The zero-order valence-corrected chi connectivity index (χ0v) is 14.1. The van der Waals surface area contributed by atoms with E-state index < -0.39 is 11.5 Å². The molecule has 1 aliphatic heterocycles. The summed E-state index contributed by atoms with van der Waals surface area (Å²) in [6.07, 6.45) is 4.44. The van der Waals surface area contributed by atoms with Gasteiger partial charge >= 0.3 is 12.0 Å². The van der Waals surface area contributed by atoms with E-state index in [-0.39, 0.29) is 37.4 Å². The summed E-state index contributed by atoms with van der Waals surface area (Å²) in [5, 5.41) is 5.40. The largest absolute Gasteiger partial charge is 0.456 e. The van der Waals surface area contributed by atoms with Gasteiger partial charge in [-0.15, -0.1) is 0 Å². The molecule has 1 aliphatic carbocycles. The van der Waals surface area contributed by atoms with E-state index >= 15 is 0 Å². The predicted molar refractivity (Wildman–Crippen MR) is 84.9 cm³/mol. The Morgan fingerprint density at radius 2 is 2.00 bits per heavy atom.